The Balaban J connectivity index is 1.27. The Kier molecular flexibility index (Phi) is 8.79. The molecule has 2 aromatic carbocycles. The molecule has 1 N–H and O–H groups in total. The minimum atomic E-state index is -0.717. The standard InChI is InChI=1S/C34H33N5O7/c1-21-4-6-23(7-5-21)39-33(41)26(20-38(34(39)42)19-22-11-14-45-15-12-22)32(40)37-31-9-8-24(18-36-31)46-28-10-13-35-27-17-30(44-3)29(43-2)16-25(27)28/h4-10,13,16-18,20,22H,11-12,14-15,19H2,1-3H3,(H,36,37,40). The molecule has 5 aromatic rings. The van der Waals surface area contributed by atoms with E-state index in [1.807, 2.05) is 19.1 Å². The number of benzene rings is 2. The third-order valence-corrected chi connectivity index (χ3v) is 7.90. The second-order valence-corrected chi connectivity index (χ2v) is 11.0. The second kappa shape index (κ2) is 13.2. The van der Waals surface area contributed by atoms with Gasteiger partial charge in [0, 0.05) is 43.6 Å². The number of fused-ring (bicyclic) bond motifs is 1. The van der Waals surface area contributed by atoms with Crippen molar-refractivity contribution < 1.29 is 23.7 Å². The highest BCUT2D eigenvalue weighted by Crippen LogP contribution is 2.36. The molecule has 3 aromatic heterocycles. The quantitative estimate of drug-likeness (QED) is 0.247. The van der Waals surface area contributed by atoms with E-state index in [1.54, 1.807) is 62.9 Å². The van der Waals surface area contributed by atoms with E-state index in [2.05, 4.69) is 15.3 Å². The number of ether oxygens (including phenoxy) is 4. The number of amides is 1. The van der Waals surface area contributed by atoms with Crippen LogP contribution in [0.2, 0.25) is 0 Å². The van der Waals surface area contributed by atoms with Gasteiger partial charge in [0.1, 0.15) is 22.9 Å². The number of methoxy groups -OCH3 is 2. The SMILES string of the molecule is COc1cc2nccc(Oc3ccc(NC(=O)c4cn(CC5CCOCC5)c(=O)n(-c5ccc(C)cc5)c4=O)nc3)c2cc1OC. The highest BCUT2D eigenvalue weighted by molar-refractivity contribution is 6.03. The maximum atomic E-state index is 13.6. The lowest BCUT2D eigenvalue weighted by Gasteiger charge is -2.23. The molecule has 1 saturated heterocycles. The Morgan fingerprint density at radius 1 is 0.957 bits per heavy atom. The molecule has 46 heavy (non-hydrogen) atoms. The summed E-state index contributed by atoms with van der Waals surface area (Å²) >= 11 is 0. The van der Waals surface area contributed by atoms with Crippen LogP contribution in [-0.4, -0.2) is 52.4 Å². The number of rotatable bonds is 9. The highest BCUT2D eigenvalue weighted by atomic mass is 16.5. The van der Waals surface area contributed by atoms with E-state index in [4.69, 9.17) is 18.9 Å². The molecule has 6 rings (SSSR count). The first kappa shape index (κ1) is 30.5. The van der Waals surface area contributed by atoms with Crippen LogP contribution >= 0.6 is 0 Å². The molecule has 236 valence electrons. The highest BCUT2D eigenvalue weighted by Gasteiger charge is 2.22. The molecule has 0 spiro atoms. The summed E-state index contributed by atoms with van der Waals surface area (Å²) in [4.78, 5) is 49.4. The van der Waals surface area contributed by atoms with Crippen molar-refractivity contribution >= 4 is 22.6 Å². The third-order valence-electron chi connectivity index (χ3n) is 7.90. The average molecular weight is 624 g/mol. The second-order valence-electron chi connectivity index (χ2n) is 11.0. The first-order valence-corrected chi connectivity index (χ1v) is 14.8. The molecular formula is C34H33N5O7. The fourth-order valence-electron chi connectivity index (χ4n) is 5.38. The first-order chi connectivity index (χ1) is 22.3. The summed E-state index contributed by atoms with van der Waals surface area (Å²) < 4.78 is 24.8. The first-order valence-electron chi connectivity index (χ1n) is 14.8. The van der Waals surface area contributed by atoms with E-state index in [1.165, 1.54) is 17.0 Å². The number of carbonyl (C=O) groups is 1. The Morgan fingerprint density at radius 3 is 2.39 bits per heavy atom. The smallest absolute Gasteiger partial charge is 0.335 e. The Bertz CT molecular complexity index is 2000. The summed E-state index contributed by atoms with van der Waals surface area (Å²) in [5.74, 6) is 1.71. The van der Waals surface area contributed by atoms with Crippen molar-refractivity contribution in [3.05, 3.63) is 105 Å². The lowest BCUT2D eigenvalue weighted by molar-refractivity contribution is 0.0607. The molecule has 0 aliphatic carbocycles. The molecule has 0 unspecified atom stereocenters. The van der Waals surface area contributed by atoms with Crippen LogP contribution in [0.15, 0.2) is 82.8 Å². The average Bonchev–Trinajstić information content (AvgIpc) is 3.07. The number of aromatic nitrogens is 4. The number of nitrogens with one attached hydrogen (secondary N) is 1. The zero-order valence-corrected chi connectivity index (χ0v) is 25.7. The summed E-state index contributed by atoms with van der Waals surface area (Å²) in [6.45, 7) is 3.49. The predicted molar refractivity (Wildman–Crippen MR) is 172 cm³/mol. The maximum absolute atomic E-state index is 13.6. The van der Waals surface area contributed by atoms with Crippen LogP contribution in [0.1, 0.15) is 28.8 Å². The number of hydrogen-bond donors (Lipinski definition) is 1. The molecule has 0 radical (unpaired) electrons. The molecule has 1 fully saturated rings. The van der Waals surface area contributed by atoms with E-state index in [0.29, 0.717) is 59.3 Å². The van der Waals surface area contributed by atoms with Crippen LogP contribution in [0.25, 0.3) is 16.6 Å². The Hall–Kier alpha value is -5.49. The van der Waals surface area contributed by atoms with Crippen molar-refractivity contribution in [3.8, 4) is 28.7 Å². The van der Waals surface area contributed by atoms with Gasteiger partial charge >= 0.3 is 5.69 Å². The summed E-state index contributed by atoms with van der Waals surface area (Å²) in [5.41, 5.74) is 0.616. The van der Waals surface area contributed by atoms with Gasteiger partial charge in [0.15, 0.2) is 11.5 Å². The number of hydrogen-bond acceptors (Lipinski definition) is 9. The van der Waals surface area contributed by atoms with Gasteiger partial charge in [0.25, 0.3) is 11.5 Å². The van der Waals surface area contributed by atoms with Gasteiger partial charge in [-0.15, -0.1) is 0 Å². The van der Waals surface area contributed by atoms with Crippen LogP contribution in [0, 0.1) is 12.8 Å². The van der Waals surface area contributed by atoms with E-state index >= 15 is 0 Å². The van der Waals surface area contributed by atoms with Crippen LogP contribution in [0.4, 0.5) is 5.82 Å². The summed E-state index contributed by atoms with van der Waals surface area (Å²) in [7, 11) is 3.11. The van der Waals surface area contributed by atoms with Crippen molar-refractivity contribution in [1.82, 2.24) is 19.1 Å². The Morgan fingerprint density at radius 2 is 1.70 bits per heavy atom. The summed E-state index contributed by atoms with van der Waals surface area (Å²) in [5, 5.41) is 3.40. The topological polar surface area (TPSA) is 136 Å². The fraction of sp³-hybridized carbons (Fsp3) is 0.265. The molecule has 1 amide bonds. The van der Waals surface area contributed by atoms with Gasteiger partial charge < -0.3 is 24.3 Å². The van der Waals surface area contributed by atoms with E-state index in [-0.39, 0.29) is 17.3 Å². The zero-order valence-electron chi connectivity index (χ0n) is 25.7. The van der Waals surface area contributed by atoms with Gasteiger partial charge in [-0.25, -0.2) is 14.3 Å². The van der Waals surface area contributed by atoms with Crippen molar-refractivity contribution in [1.29, 1.82) is 0 Å². The van der Waals surface area contributed by atoms with E-state index in [9.17, 15) is 14.4 Å². The van der Waals surface area contributed by atoms with Gasteiger partial charge in [0.2, 0.25) is 0 Å². The fourth-order valence-corrected chi connectivity index (χ4v) is 5.38. The molecule has 1 aliphatic rings. The number of anilines is 1. The van der Waals surface area contributed by atoms with Crippen LogP contribution < -0.4 is 30.8 Å². The summed E-state index contributed by atoms with van der Waals surface area (Å²) in [6, 6.07) is 15.5. The normalized spacial score (nSPS) is 13.4. The van der Waals surface area contributed by atoms with Gasteiger partial charge in [-0.05, 0) is 62.1 Å². The van der Waals surface area contributed by atoms with E-state index in [0.717, 1.165) is 23.0 Å². The molecule has 0 bridgehead atoms. The minimum absolute atomic E-state index is 0.179. The van der Waals surface area contributed by atoms with Crippen LogP contribution in [0.3, 0.4) is 0 Å². The lowest BCUT2D eigenvalue weighted by atomic mass is 10.0. The van der Waals surface area contributed by atoms with Gasteiger partial charge in [-0.3, -0.25) is 19.1 Å². The molecule has 12 nitrogen and oxygen atoms in total. The van der Waals surface area contributed by atoms with Crippen molar-refractivity contribution in [2.75, 3.05) is 32.8 Å². The zero-order chi connectivity index (χ0) is 32.2. The minimum Gasteiger partial charge on any atom is -0.493 e. The van der Waals surface area contributed by atoms with Gasteiger partial charge in [-0.2, -0.15) is 0 Å². The van der Waals surface area contributed by atoms with Gasteiger partial charge in [0.05, 0.1) is 31.6 Å². The van der Waals surface area contributed by atoms with Crippen molar-refractivity contribution in [3.63, 3.8) is 0 Å². The van der Waals surface area contributed by atoms with E-state index < -0.39 is 17.2 Å². The van der Waals surface area contributed by atoms with Crippen LogP contribution in [0.5, 0.6) is 23.0 Å². The lowest BCUT2D eigenvalue weighted by Crippen LogP contribution is -2.43. The number of nitrogens with zero attached hydrogens (tertiary/aromatic N) is 4. The molecular weight excluding hydrogens is 590 g/mol. The number of carbonyl (C=O) groups excluding carboxylic acids is 1. The van der Waals surface area contributed by atoms with Crippen LogP contribution in [-0.2, 0) is 11.3 Å². The largest absolute Gasteiger partial charge is 0.493 e. The van der Waals surface area contributed by atoms with Crippen molar-refractivity contribution in [2.24, 2.45) is 5.92 Å². The van der Waals surface area contributed by atoms with Crippen molar-refractivity contribution in [2.45, 2.75) is 26.3 Å². The number of aryl methyl sites for hydroxylation is 1. The molecule has 4 heterocycles. The Labute approximate surface area is 264 Å². The summed E-state index contributed by atoms with van der Waals surface area (Å²) in [6.07, 6.45) is 5.99. The number of pyridine rings is 2. The molecule has 0 saturated carbocycles. The third kappa shape index (κ3) is 6.33. The molecule has 0 atom stereocenters. The van der Waals surface area contributed by atoms with Gasteiger partial charge in [-0.1, -0.05) is 17.7 Å². The maximum Gasteiger partial charge on any atom is 0.335 e. The molecule has 12 heteroatoms. The molecule has 1 aliphatic heterocycles. The predicted octanol–water partition coefficient (Wildman–Crippen LogP) is 4.74. The monoisotopic (exact) mass is 623 g/mol.